The minimum absolute atomic E-state index is 0.158. The van der Waals surface area contributed by atoms with Gasteiger partial charge in [0.2, 0.25) is 5.91 Å². The van der Waals surface area contributed by atoms with Crippen LogP contribution in [0.3, 0.4) is 0 Å². The van der Waals surface area contributed by atoms with E-state index in [2.05, 4.69) is 12.1 Å². The molecule has 1 heterocycles. The van der Waals surface area contributed by atoms with Gasteiger partial charge in [-0.2, -0.15) is 0 Å². The van der Waals surface area contributed by atoms with Crippen LogP contribution in [-0.2, 0) is 32.0 Å². The van der Waals surface area contributed by atoms with Gasteiger partial charge in [-0.3, -0.25) is 14.4 Å². The number of ether oxygens (including phenoxy) is 1. The maximum atomic E-state index is 12.3. The number of nitrogens with zero attached hydrogens (tertiary/aromatic N) is 1. The molecule has 2 N–H and O–H groups in total. The molecule has 6 nitrogen and oxygen atoms in total. The largest absolute Gasteiger partial charge is 0.455 e. The third-order valence-electron chi connectivity index (χ3n) is 4.93. The summed E-state index contributed by atoms with van der Waals surface area (Å²) >= 11 is 1.41. The predicted octanol–water partition coefficient (Wildman–Crippen LogP) is 1.68. The number of amides is 2. The molecule has 3 rings (SSSR count). The molecule has 0 saturated carbocycles. The molecule has 2 aliphatic rings. The fourth-order valence-corrected chi connectivity index (χ4v) is 4.33. The quantitative estimate of drug-likeness (QED) is 0.603. The summed E-state index contributed by atoms with van der Waals surface area (Å²) < 4.78 is 5.10. The Kier molecular flexibility index (Phi) is 6.19. The first-order valence-corrected chi connectivity index (χ1v) is 10.0. The second-order valence-electron chi connectivity index (χ2n) is 6.73. The number of carbonyl (C=O) groups excluding carboxylic acids is 3. The van der Waals surface area contributed by atoms with Crippen LogP contribution in [0.1, 0.15) is 36.8 Å². The number of thioether (sulfide) groups is 1. The third-order valence-corrected chi connectivity index (χ3v) is 5.90. The first-order chi connectivity index (χ1) is 12.5. The standard InChI is InChI=1S/C19H24N2O4S/c20-19(24)16-6-1-2-9-21(16)17(22)11-25-18(23)12-26-15-8-7-13-4-3-5-14(13)10-15/h7-8,10,16H,1-6,9,11-12H2,(H2,20,24)/t16-/m1/s1. The summed E-state index contributed by atoms with van der Waals surface area (Å²) in [6.07, 6.45) is 5.69. The first-order valence-electron chi connectivity index (χ1n) is 9.03. The molecule has 0 unspecified atom stereocenters. The number of aryl methyl sites for hydroxylation is 2. The van der Waals surface area contributed by atoms with E-state index in [0.717, 1.165) is 30.6 Å². The maximum absolute atomic E-state index is 12.3. The molecule has 1 aromatic carbocycles. The van der Waals surface area contributed by atoms with Crippen molar-refractivity contribution in [3.8, 4) is 0 Å². The van der Waals surface area contributed by atoms with E-state index in [4.69, 9.17) is 10.5 Å². The van der Waals surface area contributed by atoms with Crippen LogP contribution in [0.4, 0.5) is 0 Å². The molecule has 1 atom stereocenters. The lowest BCUT2D eigenvalue weighted by atomic mass is 10.0. The van der Waals surface area contributed by atoms with Crippen molar-refractivity contribution in [2.24, 2.45) is 5.73 Å². The zero-order valence-corrected chi connectivity index (χ0v) is 15.6. The molecule has 140 valence electrons. The minimum Gasteiger partial charge on any atom is -0.455 e. The second-order valence-corrected chi connectivity index (χ2v) is 7.78. The number of primary amides is 1. The fourth-order valence-electron chi connectivity index (χ4n) is 3.57. The number of likely N-dealkylation sites (tertiary alicyclic amines) is 1. The van der Waals surface area contributed by atoms with Gasteiger partial charge in [-0.1, -0.05) is 6.07 Å². The molecule has 7 heteroatoms. The molecule has 1 aromatic rings. The van der Waals surface area contributed by atoms with Crippen LogP contribution in [0.5, 0.6) is 0 Å². The Morgan fingerprint density at radius 2 is 1.96 bits per heavy atom. The van der Waals surface area contributed by atoms with Crippen LogP contribution in [0.15, 0.2) is 23.1 Å². The van der Waals surface area contributed by atoms with Gasteiger partial charge in [-0.05, 0) is 61.8 Å². The lowest BCUT2D eigenvalue weighted by molar-refractivity contribution is -0.153. The highest BCUT2D eigenvalue weighted by atomic mass is 32.2. The second kappa shape index (κ2) is 8.58. The summed E-state index contributed by atoms with van der Waals surface area (Å²) in [6.45, 7) is 0.140. The van der Waals surface area contributed by atoms with Crippen LogP contribution in [0.2, 0.25) is 0 Å². The third kappa shape index (κ3) is 4.58. The fraction of sp³-hybridized carbons (Fsp3) is 0.526. The lowest BCUT2D eigenvalue weighted by Gasteiger charge is -2.33. The van der Waals surface area contributed by atoms with Crippen molar-refractivity contribution < 1.29 is 19.1 Å². The van der Waals surface area contributed by atoms with E-state index < -0.39 is 17.9 Å². The van der Waals surface area contributed by atoms with E-state index >= 15 is 0 Å². The summed E-state index contributed by atoms with van der Waals surface area (Å²) in [4.78, 5) is 38.1. The number of fused-ring (bicyclic) bond motifs is 1. The topological polar surface area (TPSA) is 89.7 Å². The zero-order chi connectivity index (χ0) is 18.5. The first kappa shape index (κ1) is 18.8. The molecule has 26 heavy (non-hydrogen) atoms. The summed E-state index contributed by atoms with van der Waals surface area (Å²) in [6, 6.07) is 5.70. The van der Waals surface area contributed by atoms with Gasteiger partial charge < -0.3 is 15.4 Å². The Bertz CT molecular complexity index is 707. The molecule has 2 amide bonds. The number of esters is 1. The van der Waals surface area contributed by atoms with Crippen LogP contribution in [0.25, 0.3) is 0 Å². The Hall–Kier alpha value is -2.02. The Labute approximate surface area is 157 Å². The monoisotopic (exact) mass is 376 g/mol. The van der Waals surface area contributed by atoms with Gasteiger partial charge in [0.15, 0.2) is 6.61 Å². The van der Waals surface area contributed by atoms with Crippen molar-refractivity contribution >= 4 is 29.5 Å². The number of rotatable bonds is 6. The highest BCUT2D eigenvalue weighted by molar-refractivity contribution is 8.00. The van der Waals surface area contributed by atoms with Crippen molar-refractivity contribution in [3.05, 3.63) is 29.3 Å². The number of benzene rings is 1. The van der Waals surface area contributed by atoms with E-state index in [1.807, 2.05) is 6.07 Å². The molecule has 0 aromatic heterocycles. The van der Waals surface area contributed by atoms with Gasteiger partial charge in [-0.25, -0.2) is 0 Å². The molecule has 1 aliphatic carbocycles. The molecular weight excluding hydrogens is 352 g/mol. The number of nitrogens with two attached hydrogens (primary N) is 1. The van der Waals surface area contributed by atoms with E-state index in [1.54, 1.807) is 0 Å². The van der Waals surface area contributed by atoms with E-state index in [0.29, 0.717) is 13.0 Å². The van der Waals surface area contributed by atoms with Crippen LogP contribution >= 0.6 is 11.8 Å². The number of carbonyl (C=O) groups is 3. The molecular formula is C19H24N2O4S. The van der Waals surface area contributed by atoms with Crippen LogP contribution in [0, 0.1) is 0 Å². The summed E-state index contributed by atoms with van der Waals surface area (Å²) in [5.74, 6) is -1.14. The van der Waals surface area contributed by atoms with Crippen molar-refractivity contribution in [1.82, 2.24) is 4.90 Å². The SMILES string of the molecule is NC(=O)[C@H]1CCCCN1C(=O)COC(=O)CSc1ccc2c(c1)CCC2. The lowest BCUT2D eigenvalue weighted by Crippen LogP contribution is -2.51. The van der Waals surface area contributed by atoms with Gasteiger partial charge in [0.1, 0.15) is 6.04 Å². The Balaban J connectivity index is 1.44. The summed E-state index contributed by atoms with van der Waals surface area (Å²) in [5, 5.41) is 0. The van der Waals surface area contributed by atoms with Gasteiger partial charge in [0.25, 0.3) is 5.91 Å². The number of piperidine rings is 1. The molecule has 0 bridgehead atoms. The van der Waals surface area contributed by atoms with Crippen LogP contribution in [-0.4, -0.2) is 47.6 Å². The van der Waals surface area contributed by atoms with Crippen LogP contribution < -0.4 is 5.73 Å². The Morgan fingerprint density at radius 3 is 2.77 bits per heavy atom. The van der Waals surface area contributed by atoms with E-state index in [9.17, 15) is 14.4 Å². The normalized spacial score (nSPS) is 19.1. The molecule has 0 radical (unpaired) electrons. The van der Waals surface area contributed by atoms with Crippen molar-refractivity contribution in [2.75, 3.05) is 18.9 Å². The number of hydrogen-bond donors (Lipinski definition) is 1. The average Bonchev–Trinajstić information content (AvgIpc) is 3.12. The van der Waals surface area contributed by atoms with Gasteiger partial charge in [0, 0.05) is 11.4 Å². The predicted molar refractivity (Wildman–Crippen MR) is 98.7 cm³/mol. The van der Waals surface area contributed by atoms with Crippen molar-refractivity contribution in [2.45, 2.75) is 49.5 Å². The van der Waals surface area contributed by atoms with E-state index in [-0.39, 0.29) is 18.3 Å². The molecule has 1 fully saturated rings. The highest BCUT2D eigenvalue weighted by Gasteiger charge is 2.30. The summed E-state index contributed by atoms with van der Waals surface area (Å²) in [7, 11) is 0. The highest BCUT2D eigenvalue weighted by Crippen LogP contribution is 2.27. The molecule has 1 saturated heterocycles. The Morgan fingerprint density at radius 1 is 1.15 bits per heavy atom. The zero-order valence-electron chi connectivity index (χ0n) is 14.7. The smallest absolute Gasteiger partial charge is 0.316 e. The van der Waals surface area contributed by atoms with Gasteiger partial charge in [0.05, 0.1) is 5.75 Å². The van der Waals surface area contributed by atoms with Crippen molar-refractivity contribution in [3.63, 3.8) is 0 Å². The van der Waals surface area contributed by atoms with E-state index in [1.165, 1.54) is 34.2 Å². The average molecular weight is 376 g/mol. The van der Waals surface area contributed by atoms with Crippen molar-refractivity contribution in [1.29, 1.82) is 0 Å². The minimum atomic E-state index is -0.587. The molecule has 1 aliphatic heterocycles. The summed E-state index contributed by atoms with van der Waals surface area (Å²) in [5.41, 5.74) is 8.12. The molecule has 0 spiro atoms. The van der Waals surface area contributed by atoms with Gasteiger partial charge >= 0.3 is 5.97 Å². The maximum Gasteiger partial charge on any atom is 0.316 e. The number of hydrogen-bond acceptors (Lipinski definition) is 5. The van der Waals surface area contributed by atoms with Gasteiger partial charge in [-0.15, -0.1) is 11.8 Å².